The van der Waals surface area contributed by atoms with Gasteiger partial charge in [0.15, 0.2) is 0 Å². The molecule has 2 aliphatic rings. The van der Waals surface area contributed by atoms with Crippen LogP contribution in [0.3, 0.4) is 0 Å². The summed E-state index contributed by atoms with van der Waals surface area (Å²) in [6.45, 7) is 0.548. The Morgan fingerprint density at radius 2 is 1.73 bits per heavy atom. The van der Waals surface area contributed by atoms with Gasteiger partial charge in [-0.3, -0.25) is 4.79 Å². The standard InChI is InChI=1S/C17H16BN3O/c18-11-6-2-1-5-10(11)16-15-14(9-19-17(15)22)20-12-7-3-4-8-13(12)21-16/h1-8,16,20-21H,9,18H2,(H,19,22). The molecule has 0 saturated heterocycles. The zero-order chi connectivity index (χ0) is 15.1. The van der Waals surface area contributed by atoms with Crippen molar-refractivity contribution < 1.29 is 4.79 Å². The SMILES string of the molecule is Bc1ccccc1C1Nc2ccccc2NC2=C1C(=O)NC2. The van der Waals surface area contributed by atoms with Gasteiger partial charge in [0.1, 0.15) is 7.85 Å². The Labute approximate surface area is 130 Å². The lowest BCUT2D eigenvalue weighted by Crippen LogP contribution is -2.27. The number of carbonyl (C=O) groups excluding carboxylic acids is 1. The summed E-state index contributed by atoms with van der Waals surface area (Å²) >= 11 is 0. The molecule has 0 spiro atoms. The van der Waals surface area contributed by atoms with Crippen molar-refractivity contribution in [1.82, 2.24) is 5.32 Å². The van der Waals surface area contributed by atoms with Crippen molar-refractivity contribution in [2.45, 2.75) is 6.04 Å². The first-order valence-corrected chi connectivity index (χ1v) is 7.43. The Balaban J connectivity index is 1.90. The van der Waals surface area contributed by atoms with Crippen LogP contribution in [0.2, 0.25) is 0 Å². The molecule has 2 aromatic carbocycles. The van der Waals surface area contributed by atoms with E-state index in [1.807, 2.05) is 36.4 Å². The van der Waals surface area contributed by atoms with Crippen LogP contribution >= 0.6 is 0 Å². The maximum Gasteiger partial charge on any atom is 0.251 e. The summed E-state index contributed by atoms with van der Waals surface area (Å²) in [5.41, 5.74) is 6.05. The van der Waals surface area contributed by atoms with Gasteiger partial charge >= 0.3 is 0 Å². The van der Waals surface area contributed by atoms with Crippen molar-refractivity contribution in [3.8, 4) is 0 Å². The van der Waals surface area contributed by atoms with E-state index in [0.29, 0.717) is 6.54 Å². The van der Waals surface area contributed by atoms with Gasteiger partial charge in [0, 0.05) is 5.70 Å². The third-order valence-electron chi connectivity index (χ3n) is 4.30. The van der Waals surface area contributed by atoms with Crippen molar-refractivity contribution >= 4 is 30.6 Å². The molecule has 0 aromatic heterocycles. The van der Waals surface area contributed by atoms with E-state index in [9.17, 15) is 4.79 Å². The molecule has 0 bridgehead atoms. The van der Waals surface area contributed by atoms with Crippen LogP contribution in [-0.2, 0) is 4.79 Å². The number of benzene rings is 2. The summed E-state index contributed by atoms with van der Waals surface area (Å²) in [5, 5.41) is 9.87. The van der Waals surface area contributed by atoms with E-state index in [0.717, 1.165) is 28.2 Å². The molecule has 0 fully saturated rings. The van der Waals surface area contributed by atoms with E-state index in [1.165, 1.54) is 5.46 Å². The number of hydrogen-bond donors (Lipinski definition) is 3. The summed E-state index contributed by atoms with van der Waals surface area (Å²) in [7, 11) is 2.08. The third-order valence-corrected chi connectivity index (χ3v) is 4.30. The van der Waals surface area contributed by atoms with Gasteiger partial charge in [0.25, 0.3) is 5.91 Å². The summed E-state index contributed by atoms with van der Waals surface area (Å²) in [5.74, 6) is -0.00365. The minimum Gasteiger partial charge on any atom is -0.372 e. The van der Waals surface area contributed by atoms with E-state index >= 15 is 0 Å². The number of amides is 1. The molecule has 2 heterocycles. The number of para-hydroxylation sites is 2. The first-order valence-electron chi connectivity index (χ1n) is 7.43. The van der Waals surface area contributed by atoms with Crippen molar-refractivity contribution in [3.05, 3.63) is 65.4 Å². The monoisotopic (exact) mass is 289 g/mol. The molecular weight excluding hydrogens is 273 g/mol. The first kappa shape index (κ1) is 13.0. The lowest BCUT2D eigenvalue weighted by atomic mass is 9.84. The summed E-state index contributed by atoms with van der Waals surface area (Å²) in [4.78, 5) is 12.4. The van der Waals surface area contributed by atoms with Gasteiger partial charge in [-0.15, -0.1) is 0 Å². The molecule has 0 radical (unpaired) electrons. The van der Waals surface area contributed by atoms with Crippen molar-refractivity contribution in [1.29, 1.82) is 0 Å². The minimum absolute atomic E-state index is 0.00365. The maximum atomic E-state index is 12.4. The zero-order valence-corrected chi connectivity index (χ0v) is 12.3. The highest BCUT2D eigenvalue weighted by atomic mass is 16.2. The van der Waals surface area contributed by atoms with Gasteiger partial charge < -0.3 is 16.0 Å². The normalized spacial score (nSPS) is 19.5. The number of anilines is 2. The van der Waals surface area contributed by atoms with E-state index in [-0.39, 0.29) is 11.9 Å². The maximum absolute atomic E-state index is 12.4. The number of fused-ring (bicyclic) bond motifs is 1. The van der Waals surface area contributed by atoms with Crippen LogP contribution in [0.15, 0.2) is 59.8 Å². The summed E-state index contributed by atoms with van der Waals surface area (Å²) in [6, 6.07) is 16.1. The molecule has 1 atom stereocenters. The fraction of sp³-hybridized carbons (Fsp3) is 0.118. The Bertz CT molecular complexity index is 800. The molecule has 1 amide bonds. The molecule has 22 heavy (non-hydrogen) atoms. The van der Waals surface area contributed by atoms with E-state index in [2.05, 4.69) is 35.9 Å². The molecule has 1 unspecified atom stereocenters. The van der Waals surface area contributed by atoms with Crippen molar-refractivity contribution in [2.24, 2.45) is 0 Å². The van der Waals surface area contributed by atoms with Crippen LogP contribution in [0.1, 0.15) is 11.6 Å². The number of rotatable bonds is 1. The van der Waals surface area contributed by atoms with Crippen LogP contribution in [0.5, 0.6) is 0 Å². The van der Waals surface area contributed by atoms with Gasteiger partial charge in [-0.1, -0.05) is 41.9 Å². The predicted octanol–water partition coefficient (Wildman–Crippen LogP) is 0.908. The molecule has 2 aliphatic heterocycles. The smallest absolute Gasteiger partial charge is 0.251 e. The second kappa shape index (κ2) is 4.95. The molecule has 108 valence electrons. The van der Waals surface area contributed by atoms with Crippen molar-refractivity contribution in [2.75, 3.05) is 17.2 Å². The lowest BCUT2D eigenvalue weighted by Gasteiger charge is -2.22. The molecule has 3 N–H and O–H groups in total. The van der Waals surface area contributed by atoms with Crippen molar-refractivity contribution in [3.63, 3.8) is 0 Å². The number of hydrogen-bond acceptors (Lipinski definition) is 3. The topological polar surface area (TPSA) is 53.2 Å². The minimum atomic E-state index is -0.144. The van der Waals surface area contributed by atoms with Gasteiger partial charge in [0.05, 0.1) is 29.5 Å². The average Bonchev–Trinajstić information content (AvgIpc) is 2.79. The van der Waals surface area contributed by atoms with Crippen LogP contribution in [-0.4, -0.2) is 20.3 Å². The predicted molar refractivity (Wildman–Crippen MR) is 91.1 cm³/mol. The fourth-order valence-electron chi connectivity index (χ4n) is 3.17. The molecular formula is C17H16BN3O. The van der Waals surface area contributed by atoms with Gasteiger partial charge in [0.2, 0.25) is 0 Å². The first-order chi connectivity index (χ1) is 10.7. The third kappa shape index (κ3) is 1.97. The van der Waals surface area contributed by atoms with Crippen LogP contribution in [0, 0.1) is 0 Å². The quantitative estimate of drug-likeness (QED) is 0.684. The Hall–Kier alpha value is -2.69. The van der Waals surface area contributed by atoms with Crippen LogP contribution < -0.4 is 21.4 Å². The van der Waals surface area contributed by atoms with Crippen LogP contribution in [0.25, 0.3) is 0 Å². The van der Waals surface area contributed by atoms with E-state index in [1.54, 1.807) is 0 Å². The number of nitrogens with one attached hydrogen (secondary N) is 3. The average molecular weight is 289 g/mol. The van der Waals surface area contributed by atoms with Gasteiger partial charge in [-0.25, -0.2) is 0 Å². The van der Waals surface area contributed by atoms with Gasteiger partial charge in [-0.2, -0.15) is 0 Å². The second-order valence-electron chi connectivity index (χ2n) is 5.68. The summed E-state index contributed by atoms with van der Waals surface area (Å²) < 4.78 is 0. The van der Waals surface area contributed by atoms with Gasteiger partial charge in [-0.05, 0) is 17.7 Å². The fourth-order valence-corrected chi connectivity index (χ4v) is 3.17. The molecule has 0 aliphatic carbocycles. The molecule has 4 nitrogen and oxygen atoms in total. The van der Waals surface area contributed by atoms with E-state index in [4.69, 9.17) is 0 Å². The lowest BCUT2D eigenvalue weighted by molar-refractivity contribution is -0.116. The number of carbonyl (C=O) groups is 1. The highest BCUT2D eigenvalue weighted by molar-refractivity contribution is 6.33. The highest BCUT2D eigenvalue weighted by Gasteiger charge is 2.34. The molecule has 4 rings (SSSR count). The largest absolute Gasteiger partial charge is 0.372 e. The Morgan fingerprint density at radius 3 is 2.55 bits per heavy atom. The van der Waals surface area contributed by atoms with E-state index < -0.39 is 0 Å². The highest BCUT2D eigenvalue weighted by Crippen LogP contribution is 2.37. The molecule has 2 aromatic rings. The van der Waals surface area contributed by atoms with Crippen LogP contribution in [0.4, 0.5) is 11.4 Å². The second-order valence-corrected chi connectivity index (χ2v) is 5.68. The molecule has 5 heteroatoms. The Morgan fingerprint density at radius 1 is 1.00 bits per heavy atom. The Kier molecular flexibility index (Phi) is 2.93. The zero-order valence-electron chi connectivity index (χ0n) is 12.3. The molecule has 0 saturated carbocycles. The summed E-state index contributed by atoms with van der Waals surface area (Å²) in [6.07, 6.45) is 0.